The third-order valence-corrected chi connectivity index (χ3v) is 12.1. The Morgan fingerprint density at radius 1 is 0.310 bits per heavy atom. The van der Waals surface area contributed by atoms with Crippen molar-refractivity contribution in [3.05, 3.63) is 0 Å². The summed E-state index contributed by atoms with van der Waals surface area (Å²) >= 11 is 0. The molecule has 0 spiro atoms. The van der Waals surface area contributed by atoms with Crippen LogP contribution in [0.3, 0.4) is 0 Å². The van der Waals surface area contributed by atoms with E-state index in [2.05, 4.69) is 20.8 Å². The molecular formula is C53H104O5. The Morgan fingerprint density at radius 2 is 0.569 bits per heavy atom. The van der Waals surface area contributed by atoms with Gasteiger partial charge in [0.2, 0.25) is 0 Å². The molecule has 1 unspecified atom stereocenters. The summed E-state index contributed by atoms with van der Waals surface area (Å²) in [6.45, 7) is 7.90. The van der Waals surface area contributed by atoms with Gasteiger partial charge in [-0.2, -0.15) is 0 Å². The number of unbranched alkanes of at least 4 members (excludes halogenated alkanes) is 39. The molecular weight excluding hydrogens is 717 g/mol. The SMILES string of the molecule is CCCCCCCCCCCCCCCCCCOCC(COC(=O)CCCCCCCCCCCCCCCCC)OC(=O)CCCCCCCCCCCCC. The molecule has 0 aliphatic heterocycles. The highest BCUT2D eigenvalue weighted by Gasteiger charge is 2.17. The largest absolute Gasteiger partial charge is 0.462 e. The normalized spacial score (nSPS) is 12.0. The van der Waals surface area contributed by atoms with E-state index in [1.54, 1.807) is 0 Å². The molecule has 58 heavy (non-hydrogen) atoms. The van der Waals surface area contributed by atoms with Crippen molar-refractivity contribution in [1.29, 1.82) is 0 Å². The first-order chi connectivity index (χ1) is 28.6. The highest BCUT2D eigenvalue weighted by atomic mass is 16.6. The highest BCUT2D eigenvalue weighted by Crippen LogP contribution is 2.17. The minimum atomic E-state index is -0.522. The summed E-state index contributed by atoms with van der Waals surface area (Å²) in [5.41, 5.74) is 0. The van der Waals surface area contributed by atoms with Crippen molar-refractivity contribution < 1.29 is 23.8 Å². The molecule has 1 atom stereocenters. The summed E-state index contributed by atoms with van der Waals surface area (Å²) in [5.74, 6) is -0.371. The van der Waals surface area contributed by atoms with Crippen LogP contribution < -0.4 is 0 Å². The average molecular weight is 821 g/mol. The third kappa shape index (κ3) is 47.6. The maximum atomic E-state index is 12.8. The monoisotopic (exact) mass is 821 g/mol. The molecule has 346 valence electrons. The zero-order valence-electron chi connectivity index (χ0n) is 39.9. The van der Waals surface area contributed by atoms with Gasteiger partial charge in [0.15, 0.2) is 6.10 Å². The van der Waals surface area contributed by atoms with Crippen molar-refractivity contribution in [1.82, 2.24) is 0 Å². The Labute approximate surface area is 363 Å². The van der Waals surface area contributed by atoms with E-state index in [0.717, 1.165) is 32.1 Å². The van der Waals surface area contributed by atoms with Gasteiger partial charge in [-0.25, -0.2) is 0 Å². The van der Waals surface area contributed by atoms with Gasteiger partial charge in [-0.3, -0.25) is 9.59 Å². The number of ether oxygens (including phenoxy) is 3. The Kier molecular flexibility index (Phi) is 49.3. The van der Waals surface area contributed by atoms with E-state index in [0.29, 0.717) is 26.1 Å². The summed E-state index contributed by atoms with van der Waals surface area (Å²) in [7, 11) is 0. The van der Waals surface area contributed by atoms with Crippen molar-refractivity contribution in [3.63, 3.8) is 0 Å². The second kappa shape index (κ2) is 50.3. The number of carbonyl (C=O) groups is 2. The van der Waals surface area contributed by atoms with Gasteiger partial charge in [-0.1, -0.05) is 271 Å². The first-order valence-corrected chi connectivity index (χ1v) is 26.6. The molecule has 0 fully saturated rings. The molecule has 5 heteroatoms. The maximum absolute atomic E-state index is 12.8. The molecule has 0 aromatic rings. The highest BCUT2D eigenvalue weighted by molar-refractivity contribution is 5.70. The van der Waals surface area contributed by atoms with Gasteiger partial charge in [0.05, 0.1) is 6.61 Å². The van der Waals surface area contributed by atoms with Crippen LogP contribution in [0.25, 0.3) is 0 Å². The van der Waals surface area contributed by atoms with Gasteiger partial charge < -0.3 is 14.2 Å². The van der Waals surface area contributed by atoms with E-state index in [-0.39, 0.29) is 18.5 Å². The third-order valence-electron chi connectivity index (χ3n) is 12.1. The van der Waals surface area contributed by atoms with Crippen molar-refractivity contribution in [2.24, 2.45) is 0 Å². The van der Waals surface area contributed by atoms with Crippen LogP contribution in [-0.4, -0.2) is 37.9 Å². The summed E-state index contributed by atoms with van der Waals surface area (Å²) in [5, 5.41) is 0. The number of hydrogen-bond acceptors (Lipinski definition) is 5. The van der Waals surface area contributed by atoms with E-state index < -0.39 is 6.10 Å². The van der Waals surface area contributed by atoms with E-state index >= 15 is 0 Å². The van der Waals surface area contributed by atoms with E-state index in [4.69, 9.17) is 14.2 Å². The van der Waals surface area contributed by atoms with E-state index in [1.807, 2.05) is 0 Å². The zero-order chi connectivity index (χ0) is 42.1. The second-order valence-corrected chi connectivity index (χ2v) is 18.2. The maximum Gasteiger partial charge on any atom is 0.306 e. The molecule has 0 bridgehead atoms. The number of rotatable bonds is 50. The molecule has 0 radical (unpaired) electrons. The van der Waals surface area contributed by atoms with Crippen molar-refractivity contribution in [2.45, 2.75) is 309 Å². The minimum Gasteiger partial charge on any atom is -0.462 e. The standard InChI is InChI=1S/C53H104O5/c1-4-7-10-13-16-19-22-24-26-28-30-33-36-39-42-45-48-56-49-51(58-53(55)47-44-41-38-35-31-21-18-15-12-9-6-3)50-57-52(54)46-43-40-37-34-32-29-27-25-23-20-17-14-11-8-5-2/h51H,4-50H2,1-3H3. The van der Waals surface area contributed by atoms with Gasteiger partial charge in [0.1, 0.15) is 6.61 Å². The molecule has 0 aromatic carbocycles. The molecule has 0 aromatic heterocycles. The minimum absolute atomic E-state index is 0.0977. The summed E-state index contributed by atoms with van der Waals surface area (Å²) < 4.78 is 17.4. The molecule has 5 nitrogen and oxygen atoms in total. The number of esters is 2. The fraction of sp³-hybridized carbons (Fsp3) is 0.962. The van der Waals surface area contributed by atoms with Gasteiger partial charge in [-0.15, -0.1) is 0 Å². The number of hydrogen-bond donors (Lipinski definition) is 0. The molecule has 0 rings (SSSR count). The smallest absolute Gasteiger partial charge is 0.306 e. The molecule has 0 aliphatic rings. The lowest BCUT2D eigenvalue weighted by atomic mass is 10.0. The Bertz CT molecular complexity index is 799. The van der Waals surface area contributed by atoms with Crippen LogP contribution in [0.1, 0.15) is 303 Å². The lowest BCUT2D eigenvalue weighted by molar-refractivity contribution is -0.163. The molecule has 0 aliphatic carbocycles. The van der Waals surface area contributed by atoms with Crippen molar-refractivity contribution in [3.8, 4) is 0 Å². The number of carbonyl (C=O) groups excluding carboxylic acids is 2. The quantitative estimate of drug-likeness (QED) is 0.0452. The van der Waals surface area contributed by atoms with E-state index in [1.165, 1.54) is 238 Å². The summed E-state index contributed by atoms with van der Waals surface area (Å²) in [4.78, 5) is 25.4. The molecule has 0 saturated heterocycles. The van der Waals surface area contributed by atoms with Gasteiger partial charge in [-0.05, 0) is 19.3 Å². The van der Waals surface area contributed by atoms with Crippen LogP contribution in [-0.2, 0) is 23.8 Å². The fourth-order valence-corrected chi connectivity index (χ4v) is 8.16. The van der Waals surface area contributed by atoms with Crippen molar-refractivity contribution in [2.75, 3.05) is 19.8 Å². The first-order valence-electron chi connectivity index (χ1n) is 26.6. The summed E-state index contributed by atoms with van der Waals surface area (Å²) in [6.07, 6.45) is 55.4. The molecule has 0 N–H and O–H groups in total. The first kappa shape index (κ1) is 56.9. The Balaban J connectivity index is 4.15. The lowest BCUT2D eigenvalue weighted by Crippen LogP contribution is -2.30. The predicted molar refractivity (Wildman–Crippen MR) is 252 cm³/mol. The van der Waals surface area contributed by atoms with Crippen LogP contribution in [0.4, 0.5) is 0 Å². The van der Waals surface area contributed by atoms with E-state index in [9.17, 15) is 9.59 Å². The van der Waals surface area contributed by atoms with Gasteiger partial charge >= 0.3 is 11.9 Å². The molecule has 0 amide bonds. The van der Waals surface area contributed by atoms with Crippen LogP contribution in [0, 0.1) is 0 Å². The van der Waals surface area contributed by atoms with Crippen molar-refractivity contribution >= 4 is 11.9 Å². The Morgan fingerprint density at radius 3 is 0.879 bits per heavy atom. The molecule has 0 saturated carbocycles. The second-order valence-electron chi connectivity index (χ2n) is 18.2. The van der Waals surface area contributed by atoms with Crippen LogP contribution in [0.5, 0.6) is 0 Å². The lowest BCUT2D eigenvalue weighted by Gasteiger charge is -2.18. The van der Waals surface area contributed by atoms with Crippen LogP contribution in [0.2, 0.25) is 0 Å². The van der Waals surface area contributed by atoms with Gasteiger partial charge in [0.25, 0.3) is 0 Å². The topological polar surface area (TPSA) is 61.8 Å². The summed E-state index contributed by atoms with van der Waals surface area (Å²) in [6, 6.07) is 0. The Hall–Kier alpha value is -1.10. The van der Waals surface area contributed by atoms with Gasteiger partial charge in [0, 0.05) is 19.4 Å². The van der Waals surface area contributed by atoms with Crippen LogP contribution in [0.15, 0.2) is 0 Å². The van der Waals surface area contributed by atoms with Crippen LogP contribution >= 0.6 is 0 Å². The zero-order valence-corrected chi connectivity index (χ0v) is 39.9. The fourth-order valence-electron chi connectivity index (χ4n) is 8.16. The predicted octanol–water partition coefficient (Wildman–Crippen LogP) is 17.7. The average Bonchev–Trinajstić information content (AvgIpc) is 3.22. The molecule has 0 heterocycles.